The highest BCUT2D eigenvalue weighted by Gasteiger charge is 2.27. The van der Waals surface area contributed by atoms with Gasteiger partial charge in [-0.15, -0.1) is 10.2 Å². The average Bonchev–Trinajstić information content (AvgIpc) is 3.01. The van der Waals surface area contributed by atoms with Crippen molar-refractivity contribution in [3.63, 3.8) is 0 Å². The van der Waals surface area contributed by atoms with Gasteiger partial charge in [-0.1, -0.05) is 41.7 Å². The SMILES string of the molecule is CC(C)(c1ccccc1)c1nnc(NC(=O)NCCCC(=O)O)s1. The first-order valence-corrected chi connectivity index (χ1v) is 8.37. The fourth-order valence-electron chi connectivity index (χ4n) is 2.09. The van der Waals surface area contributed by atoms with Crippen LogP contribution in [0.25, 0.3) is 0 Å². The van der Waals surface area contributed by atoms with Crippen molar-refractivity contribution in [2.24, 2.45) is 0 Å². The number of urea groups is 1. The second-order valence-electron chi connectivity index (χ2n) is 5.78. The van der Waals surface area contributed by atoms with Crippen LogP contribution in [-0.4, -0.2) is 33.8 Å². The third kappa shape index (κ3) is 4.76. The molecule has 2 amide bonds. The lowest BCUT2D eigenvalue weighted by Gasteiger charge is -2.21. The summed E-state index contributed by atoms with van der Waals surface area (Å²) in [5, 5.41) is 23.2. The number of amides is 2. The molecule has 0 bridgehead atoms. The second-order valence-corrected chi connectivity index (χ2v) is 6.76. The molecule has 1 heterocycles. The van der Waals surface area contributed by atoms with Crippen LogP contribution in [0.4, 0.5) is 9.93 Å². The van der Waals surface area contributed by atoms with Crippen LogP contribution in [0.1, 0.15) is 37.3 Å². The number of aliphatic carboxylic acids is 1. The number of hydrogen-bond donors (Lipinski definition) is 3. The van der Waals surface area contributed by atoms with Gasteiger partial charge in [0.2, 0.25) is 5.13 Å². The predicted molar refractivity (Wildman–Crippen MR) is 92.4 cm³/mol. The fraction of sp³-hybridized carbons (Fsp3) is 0.375. The van der Waals surface area contributed by atoms with Crippen molar-refractivity contribution < 1.29 is 14.7 Å². The smallest absolute Gasteiger partial charge is 0.321 e. The summed E-state index contributed by atoms with van der Waals surface area (Å²) in [5.74, 6) is -0.880. The number of anilines is 1. The number of carboxylic acid groups (broad SMARTS) is 1. The quantitative estimate of drug-likeness (QED) is 0.668. The van der Waals surface area contributed by atoms with Gasteiger partial charge in [0, 0.05) is 18.4 Å². The molecule has 0 spiro atoms. The summed E-state index contributed by atoms with van der Waals surface area (Å²) in [7, 11) is 0. The van der Waals surface area contributed by atoms with Gasteiger partial charge in [0.05, 0.1) is 0 Å². The first-order chi connectivity index (χ1) is 11.4. The lowest BCUT2D eigenvalue weighted by Crippen LogP contribution is -2.29. The molecule has 0 fully saturated rings. The van der Waals surface area contributed by atoms with Crippen molar-refractivity contribution in [2.45, 2.75) is 32.1 Å². The molecule has 0 unspecified atom stereocenters. The van der Waals surface area contributed by atoms with Crippen LogP contribution in [0.2, 0.25) is 0 Å². The lowest BCUT2D eigenvalue weighted by atomic mass is 9.85. The first-order valence-electron chi connectivity index (χ1n) is 7.56. The number of nitrogens with one attached hydrogen (secondary N) is 2. The molecule has 0 aliphatic rings. The second kappa shape index (κ2) is 7.87. The maximum Gasteiger partial charge on any atom is 0.321 e. The molecule has 0 aliphatic heterocycles. The van der Waals surface area contributed by atoms with E-state index < -0.39 is 12.0 Å². The number of benzene rings is 1. The summed E-state index contributed by atoms with van der Waals surface area (Å²) in [5.41, 5.74) is 0.808. The Balaban J connectivity index is 1.93. The molecule has 3 N–H and O–H groups in total. The topological polar surface area (TPSA) is 104 Å². The Morgan fingerprint density at radius 2 is 1.92 bits per heavy atom. The van der Waals surface area contributed by atoms with Gasteiger partial charge in [-0.05, 0) is 25.8 Å². The van der Waals surface area contributed by atoms with Gasteiger partial charge in [0.25, 0.3) is 0 Å². The molecule has 24 heavy (non-hydrogen) atoms. The number of carboxylic acids is 1. The van der Waals surface area contributed by atoms with E-state index in [1.54, 1.807) is 0 Å². The van der Waals surface area contributed by atoms with E-state index in [2.05, 4.69) is 34.7 Å². The van der Waals surface area contributed by atoms with E-state index in [1.807, 2.05) is 30.3 Å². The van der Waals surface area contributed by atoms with E-state index in [0.717, 1.165) is 10.6 Å². The molecule has 128 valence electrons. The summed E-state index contributed by atoms with van der Waals surface area (Å²) >= 11 is 1.32. The molecule has 1 aromatic heterocycles. The molecular formula is C16H20N4O3S. The summed E-state index contributed by atoms with van der Waals surface area (Å²) in [6, 6.07) is 9.55. The van der Waals surface area contributed by atoms with Crippen LogP contribution in [0.5, 0.6) is 0 Å². The van der Waals surface area contributed by atoms with Gasteiger partial charge in [-0.2, -0.15) is 0 Å². The Morgan fingerprint density at radius 1 is 1.21 bits per heavy atom. The van der Waals surface area contributed by atoms with E-state index in [9.17, 15) is 9.59 Å². The highest BCUT2D eigenvalue weighted by atomic mass is 32.1. The molecular weight excluding hydrogens is 328 g/mol. The molecule has 8 heteroatoms. The maximum atomic E-state index is 11.8. The fourth-order valence-corrected chi connectivity index (χ4v) is 2.95. The van der Waals surface area contributed by atoms with E-state index in [1.165, 1.54) is 11.3 Å². The number of hydrogen-bond acceptors (Lipinski definition) is 5. The van der Waals surface area contributed by atoms with Crippen molar-refractivity contribution in [3.8, 4) is 0 Å². The summed E-state index contributed by atoms with van der Waals surface area (Å²) in [6.07, 6.45) is 0.402. The molecule has 0 atom stereocenters. The third-order valence-corrected chi connectivity index (χ3v) is 4.69. The Kier molecular flexibility index (Phi) is 5.86. The minimum Gasteiger partial charge on any atom is -0.481 e. The third-order valence-electron chi connectivity index (χ3n) is 3.53. The number of carbonyl (C=O) groups excluding carboxylic acids is 1. The molecule has 0 saturated heterocycles. The zero-order chi connectivity index (χ0) is 17.6. The van der Waals surface area contributed by atoms with Gasteiger partial charge in [-0.3, -0.25) is 10.1 Å². The van der Waals surface area contributed by atoms with E-state index in [4.69, 9.17) is 5.11 Å². The average molecular weight is 348 g/mol. The zero-order valence-corrected chi connectivity index (χ0v) is 14.4. The van der Waals surface area contributed by atoms with Crippen LogP contribution >= 0.6 is 11.3 Å². The van der Waals surface area contributed by atoms with Crippen molar-refractivity contribution in [1.82, 2.24) is 15.5 Å². The normalized spacial score (nSPS) is 11.1. The molecule has 0 aliphatic carbocycles. The number of carbonyl (C=O) groups is 2. The Bertz CT molecular complexity index is 700. The molecule has 2 aromatic rings. The van der Waals surface area contributed by atoms with Crippen LogP contribution in [-0.2, 0) is 10.2 Å². The minimum absolute atomic E-state index is 0.0223. The van der Waals surface area contributed by atoms with Crippen molar-refractivity contribution in [1.29, 1.82) is 0 Å². The highest BCUT2D eigenvalue weighted by Crippen LogP contribution is 2.34. The van der Waals surface area contributed by atoms with Gasteiger partial charge in [0.15, 0.2) is 0 Å². The lowest BCUT2D eigenvalue weighted by molar-refractivity contribution is -0.137. The van der Waals surface area contributed by atoms with Crippen molar-refractivity contribution in [2.75, 3.05) is 11.9 Å². The molecule has 2 rings (SSSR count). The van der Waals surface area contributed by atoms with E-state index in [-0.39, 0.29) is 11.8 Å². The molecule has 0 radical (unpaired) electrons. The molecule has 1 aromatic carbocycles. The summed E-state index contributed by atoms with van der Waals surface area (Å²) in [4.78, 5) is 22.2. The number of aromatic nitrogens is 2. The highest BCUT2D eigenvalue weighted by molar-refractivity contribution is 7.15. The summed E-state index contributed by atoms with van der Waals surface area (Å²) in [6.45, 7) is 4.40. The number of rotatable bonds is 7. The van der Waals surface area contributed by atoms with Gasteiger partial charge < -0.3 is 10.4 Å². The summed E-state index contributed by atoms with van der Waals surface area (Å²) < 4.78 is 0. The van der Waals surface area contributed by atoms with Crippen LogP contribution in [0.3, 0.4) is 0 Å². The zero-order valence-electron chi connectivity index (χ0n) is 13.6. The van der Waals surface area contributed by atoms with Gasteiger partial charge in [0.1, 0.15) is 5.01 Å². The first kappa shape index (κ1) is 17.9. The largest absolute Gasteiger partial charge is 0.481 e. The Hall–Kier alpha value is -2.48. The number of nitrogens with zero attached hydrogens (tertiary/aromatic N) is 2. The van der Waals surface area contributed by atoms with Crippen LogP contribution < -0.4 is 10.6 Å². The monoisotopic (exact) mass is 348 g/mol. The van der Waals surface area contributed by atoms with Crippen LogP contribution in [0.15, 0.2) is 30.3 Å². The molecule has 7 nitrogen and oxygen atoms in total. The van der Waals surface area contributed by atoms with E-state index in [0.29, 0.717) is 18.1 Å². The van der Waals surface area contributed by atoms with Gasteiger partial charge >= 0.3 is 12.0 Å². The molecule has 0 saturated carbocycles. The van der Waals surface area contributed by atoms with Crippen LogP contribution in [0, 0.1) is 0 Å². The minimum atomic E-state index is -0.880. The Morgan fingerprint density at radius 3 is 2.58 bits per heavy atom. The standard InChI is InChI=1S/C16H20N4O3S/c1-16(2,11-7-4-3-5-8-11)13-19-20-15(24-13)18-14(23)17-10-6-9-12(21)22/h3-5,7-8H,6,9-10H2,1-2H3,(H,21,22)(H2,17,18,20,23). The van der Waals surface area contributed by atoms with Gasteiger partial charge in [-0.25, -0.2) is 4.79 Å². The van der Waals surface area contributed by atoms with E-state index >= 15 is 0 Å². The van der Waals surface area contributed by atoms with Crippen molar-refractivity contribution >= 4 is 28.5 Å². The maximum absolute atomic E-state index is 11.8. The predicted octanol–water partition coefficient (Wildman–Crippen LogP) is 2.85. The Labute approximate surface area is 144 Å². The van der Waals surface area contributed by atoms with Crippen molar-refractivity contribution in [3.05, 3.63) is 40.9 Å².